The van der Waals surface area contributed by atoms with Crippen molar-refractivity contribution in [1.29, 1.82) is 0 Å². The predicted molar refractivity (Wildman–Crippen MR) is 123 cm³/mol. The van der Waals surface area contributed by atoms with E-state index in [-0.39, 0.29) is 36.0 Å². The highest BCUT2D eigenvalue weighted by Gasteiger charge is 2.45. The maximum atomic E-state index is 12.3. The normalized spacial score (nSPS) is 24.5. The van der Waals surface area contributed by atoms with Crippen LogP contribution in [0, 0.1) is 0 Å². The van der Waals surface area contributed by atoms with E-state index in [0.29, 0.717) is 0 Å². The maximum absolute atomic E-state index is 12.3. The summed E-state index contributed by atoms with van der Waals surface area (Å²) in [6.45, 7) is -1.05. The van der Waals surface area contributed by atoms with Crippen LogP contribution in [0.25, 0.3) is 11.2 Å². The lowest BCUT2D eigenvalue weighted by Crippen LogP contribution is -2.36. The van der Waals surface area contributed by atoms with Crippen LogP contribution < -0.4 is 21.3 Å². The minimum Gasteiger partial charge on any atom is -0.387 e. The lowest BCUT2D eigenvalue weighted by molar-refractivity contribution is -0.118. The summed E-state index contributed by atoms with van der Waals surface area (Å²) in [4.78, 5) is 43.0. The zero-order valence-electron chi connectivity index (χ0n) is 17.8. The number of hydrogen-bond acceptors (Lipinski definition) is 13. The Balaban J connectivity index is 1.60. The molecule has 3 rings (SSSR count). The van der Waals surface area contributed by atoms with Crippen LogP contribution in [0.15, 0.2) is 11.1 Å². The average molecular weight is 558 g/mol. The Labute approximate surface area is 203 Å². The highest BCUT2D eigenvalue weighted by atomic mass is 32.2. The molecule has 1 unspecified atom stereocenters. The Morgan fingerprint density at radius 1 is 1.37 bits per heavy atom. The van der Waals surface area contributed by atoms with Gasteiger partial charge in [-0.2, -0.15) is 17.6 Å². The Hall–Kier alpha value is -2.09. The first-order chi connectivity index (χ1) is 16.3. The number of ether oxygens (including phenoxy) is 1. The number of aromatic nitrogens is 4. The lowest BCUT2D eigenvalue weighted by atomic mass is 10.1. The molecular weight excluding hydrogens is 533 g/mol. The third-order valence-corrected chi connectivity index (χ3v) is 8.90. The number of aliphatic hydroxyl groups is 2. The monoisotopic (exact) mass is 557 g/mol. The number of nitrogen functional groups attached to an aromatic ring is 1. The van der Waals surface area contributed by atoms with Crippen LogP contribution in [-0.2, 0) is 28.6 Å². The van der Waals surface area contributed by atoms with Gasteiger partial charge in [0.1, 0.15) is 18.3 Å². The molecule has 196 valence electrons. The van der Waals surface area contributed by atoms with Crippen molar-refractivity contribution in [3.05, 3.63) is 16.7 Å². The summed E-state index contributed by atoms with van der Waals surface area (Å²) in [5.74, 6) is -0.733. The SMILES string of the molecule is Nc1nc2c(ncn2[C@@H]2O[C@H](COP(=O)(O)CS(=O)(=O)NCCNC(=O)CS)[C@@H](O)[C@H]2O)c(=O)[nH]1. The number of nitrogens with two attached hydrogens (primary N) is 1. The number of anilines is 1. The fourth-order valence-electron chi connectivity index (χ4n) is 3.18. The zero-order valence-corrected chi connectivity index (χ0v) is 20.4. The Kier molecular flexibility index (Phi) is 8.56. The van der Waals surface area contributed by atoms with Crippen LogP contribution in [-0.4, -0.2) is 98.2 Å². The van der Waals surface area contributed by atoms with Crippen molar-refractivity contribution in [1.82, 2.24) is 29.6 Å². The summed E-state index contributed by atoms with van der Waals surface area (Å²) in [6.07, 6.45) is -4.72. The first kappa shape index (κ1) is 27.5. The van der Waals surface area contributed by atoms with Crippen LogP contribution in [0.4, 0.5) is 5.95 Å². The van der Waals surface area contributed by atoms with Crippen molar-refractivity contribution in [3.63, 3.8) is 0 Å². The van der Waals surface area contributed by atoms with E-state index in [1.54, 1.807) is 0 Å². The highest BCUT2D eigenvalue weighted by molar-refractivity contribution is 7.95. The summed E-state index contributed by atoms with van der Waals surface area (Å²) < 4.78 is 49.9. The number of carbonyl (C=O) groups is 1. The third-order valence-electron chi connectivity index (χ3n) is 4.75. The number of hydrogen-bond donors (Lipinski definition) is 8. The molecule has 1 amide bonds. The van der Waals surface area contributed by atoms with Gasteiger partial charge >= 0.3 is 7.60 Å². The number of amides is 1. The van der Waals surface area contributed by atoms with E-state index in [9.17, 15) is 37.7 Å². The van der Waals surface area contributed by atoms with E-state index in [1.807, 2.05) is 4.72 Å². The van der Waals surface area contributed by atoms with Gasteiger partial charge in [-0.05, 0) is 0 Å². The van der Waals surface area contributed by atoms with Crippen LogP contribution in [0.3, 0.4) is 0 Å². The van der Waals surface area contributed by atoms with E-state index < -0.39 is 65.7 Å². The Morgan fingerprint density at radius 3 is 2.77 bits per heavy atom. The molecule has 0 radical (unpaired) electrons. The van der Waals surface area contributed by atoms with Gasteiger partial charge < -0.3 is 35.4 Å². The van der Waals surface area contributed by atoms with E-state index >= 15 is 0 Å². The molecule has 0 aromatic carbocycles. The number of sulfonamides is 1. The number of fused-ring (bicyclic) bond motifs is 1. The molecule has 1 fully saturated rings. The Bertz CT molecular complexity index is 1280. The van der Waals surface area contributed by atoms with Gasteiger partial charge in [0, 0.05) is 13.1 Å². The van der Waals surface area contributed by atoms with Gasteiger partial charge in [0.15, 0.2) is 22.9 Å². The van der Waals surface area contributed by atoms with E-state index in [1.165, 1.54) is 0 Å². The number of rotatable bonds is 11. The molecule has 1 aliphatic rings. The average Bonchev–Trinajstić information content (AvgIpc) is 3.30. The van der Waals surface area contributed by atoms with Gasteiger partial charge in [-0.15, -0.1) is 0 Å². The van der Waals surface area contributed by atoms with Gasteiger partial charge in [-0.1, -0.05) is 0 Å². The predicted octanol–water partition coefficient (Wildman–Crippen LogP) is -3.55. The molecule has 5 atom stereocenters. The van der Waals surface area contributed by atoms with Crippen molar-refractivity contribution < 1.29 is 42.1 Å². The standard InChI is InChI=1S/C15H24N7O10PS2/c16-15-20-12-9(13(26)21-15)18-5-22(12)14-11(25)10(24)7(32-14)3-31-33(27,28)6-35(29,30)19-2-1-17-8(23)4-34/h5,7,10-11,14,19,24-25,34H,1-4,6H2,(H,17,23)(H,27,28)(H3,16,20,21,26)/t7-,10-,11-,14-/m1/s1. The fourth-order valence-corrected chi connectivity index (χ4v) is 6.46. The summed E-state index contributed by atoms with van der Waals surface area (Å²) in [6, 6.07) is 0. The molecule has 0 spiro atoms. The largest absolute Gasteiger partial charge is 0.387 e. The zero-order chi connectivity index (χ0) is 26.0. The molecule has 2 aromatic rings. The second kappa shape index (κ2) is 10.9. The maximum Gasteiger partial charge on any atom is 0.344 e. The molecule has 1 aliphatic heterocycles. The summed E-state index contributed by atoms with van der Waals surface area (Å²) in [5.41, 5.74) is 3.45. The molecule has 0 saturated carbocycles. The minimum atomic E-state index is -4.73. The first-order valence-electron chi connectivity index (χ1n) is 9.89. The molecule has 1 saturated heterocycles. The van der Waals surface area contributed by atoms with Gasteiger partial charge in [0.2, 0.25) is 21.9 Å². The van der Waals surface area contributed by atoms with Crippen molar-refractivity contribution in [2.45, 2.75) is 24.5 Å². The van der Waals surface area contributed by atoms with E-state index in [2.05, 4.69) is 32.9 Å². The summed E-state index contributed by atoms with van der Waals surface area (Å²) in [5, 5.41) is 23.1. The summed E-state index contributed by atoms with van der Waals surface area (Å²) >= 11 is 3.74. The lowest BCUT2D eigenvalue weighted by Gasteiger charge is -2.18. The van der Waals surface area contributed by atoms with Gasteiger partial charge in [-0.3, -0.25) is 23.7 Å². The number of nitrogens with one attached hydrogen (secondary N) is 3. The number of nitrogens with zero attached hydrogens (tertiary/aromatic N) is 3. The van der Waals surface area contributed by atoms with Gasteiger partial charge in [0.05, 0.1) is 18.7 Å². The molecule has 20 heteroatoms. The molecule has 17 nitrogen and oxygen atoms in total. The molecule has 0 bridgehead atoms. The van der Waals surface area contributed by atoms with Crippen molar-refractivity contribution in [2.24, 2.45) is 0 Å². The fraction of sp³-hybridized carbons (Fsp3) is 0.600. The highest BCUT2D eigenvalue weighted by Crippen LogP contribution is 2.44. The molecule has 8 N–H and O–H groups in total. The summed E-state index contributed by atoms with van der Waals surface area (Å²) in [7, 11) is -9.00. The number of carbonyl (C=O) groups excluding carboxylic acids is 1. The van der Waals surface area contributed by atoms with Crippen LogP contribution in [0.1, 0.15) is 6.23 Å². The van der Waals surface area contributed by atoms with Crippen LogP contribution in [0.5, 0.6) is 0 Å². The molecule has 2 aromatic heterocycles. The van der Waals surface area contributed by atoms with Crippen molar-refractivity contribution >= 4 is 53.3 Å². The molecule has 0 aliphatic carbocycles. The number of aromatic amines is 1. The Morgan fingerprint density at radius 2 is 2.09 bits per heavy atom. The van der Waals surface area contributed by atoms with Crippen molar-refractivity contribution in [2.75, 3.05) is 36.7 Å². The van der Waals surface area contributed by atoms with E-state index in [4.69, 9.17) is 15.0 Å². The van der Waals surface area contributed by atoms with E-state index in [0.717, 1.165) is 10.9 Å². The topological polar surface area (TPSA) is 261 Å². The second-order valence-corrected chi connectivity index (χ2v) is 11.8. The molecule has 35 heavy (non-hydrogen) atoms. The van der Waals surface area contributed by atoms with Crippen molar-refractivity contribution in [3.8, 4) is 0 Å². The first-order valence-corrected chi connectivity index (χ1v) is 13.9. The van der Waals surface area contributed by atoms with Crippen LogP contribution >= 0.6 is 20.2 Å². The quantitative estimate of drug-likeness (QED) is 0.0756. The molecule has 3 heterocycles. The number of aliphatic hydroxyl groups excluding tert-OH is 2. The minimum absolute atomic E-state index is 0.0420. The van der Waals surface area contributed by atoms with Crippen LogP contribution in [0.2, 0.25) is 0 Å². The molecular formula is C15H24N7O10PS2. The number of thiol groups is 1. The van der Waals surface area contributed by atoms with Gasteiger partial charge in [0.25, 0.3) is 5.56 Å². The van der Waals surface area contributed by atoms with Gasteiger partial charge in [-0.25, -0.2) is 18.1 Å². The number of H-pyrrole nitrogens is 1. The number of imidazole rings is 1. The smallest absolute Gasteiger partial charge is 0.344 e. The second-order valence-electron chi connectivity index (χ2n) is 7.40. The third kappa shape index (κ3) is 6.78.